The largest absolute Gasteiger partial charge is 0.353 e. The van der Waals surface area contributed by atoms with E-state index in [1.807, 2.05) is 19.0 Å². The average molecular weight is 303 g/mol. The van der Waals surface area contributed by atoms with Crippen LogP contribution >= 0.6 is 0 Å². The fourth-order valence-corrected chi connectivity index (χ4v) is 1.71. The first-order chi connectivity index (χ1) is 10.6. The third kappa shape index (κ3) is 4.49. The minimum absolute atomic E-state index is 0.119. The van der Waals surface area contributed by atoms with Gasteiger partial charge in [-0.05, 0) is 32.3 Å². The van der Waals surface area contributed by atoms with Gasteiger partial charge >= 0.3 is 0 Å². The van der Waals surface area contributed by atoms with Gasteiger partial charge in [0.05, 0.1) is 5.69 Å². The molecule has 0 fully saturated rings. The van der Waals surface area contributed by atoms with Crippen molar-refractivity contribution in [3.8, 4) is 0 Å². The molecule has 0 atom stereocenters. The Morgan fingerprint density at radius 3 is 2.77 bits per heavy atom. The Labute approximate surface area is 128 Å². The molecule has 1 heterocycles. The molecule has 0 spiro atoms. The molecule has 2 rings (SSSR count). The van der Waals surface area contributed by atoms with Gasteiger partial charge in [-0.2, -0.15) is 0 Å². The van der Waals surface area contributed by atoms with Crippen LogP contribution in [-0.2, 0) is 0 Å². The lowest BCUT2D eigenvalue weighted by atomic mass is 10.3. The number of amides is 1. The van der Waals surface area contributed by atoms with E-state index in [0.717, 1.165) is 6.54 Å². The molecule has 1 aromatic carbocycles. The Morgan fingerprint density at radius 1 is 1.27 bits per heavy atom. The Hall–Kier alpha value is -2.54. The van der Waals surface area contributed by atoms with E-state index in [4.69, 9.17) is 0 Å². The van der Waals surface area contributed by atoms with E-state index in [0.29, 0.717) is 12.5 Å². The Kier molecular flexibility index (Phi) is 5.37. The van der Waals surface area contributed by atoms with E-state index in [2.05, 4.69) is 20.6 Å². The van der Waals surface area contributed by atoms with Gasteiger partial charge in [0.15, 0.2) is 0 Å². The first kappa shape index (κ1) is 15.8. The molecule has 1 aromatic heterocycles. The number of carbonyl (C=O) groups excluding carboxylic acids is 1. The maximum atomic E-state index is 13.5. The molecule has 0 saturated carbocycles. The van der Waals surface area contributed by atoms with Crippen molar-refractivity contribution < 1.29 is 9.18 Å². The highest BCUT2D eigenvalue weighted by atomic mass is 19.1. The molecular formula is C15H18FN5O. The summed E-state index contributed by atoms with van der Waals surface area (Å²) in [5, 5.41) is 5.52. The zero-order chi connectivity index (χ0) is 15.9. The predicted octanol–water partition coefficient (Wildman–Crippen LogP) is 1.84. The summed E-state index contributed by atoms with van der Waals surface area (Å²) >= 11 is 0. The number of nitrogens with one attached hydrogen (secondary N) is 2. The van der Waals surface area contributed by atoms with Gasteiger partial charge in [-0.15, -0.1) is 0 Å². The number of hydrogen-bond acceptors (Lipinski definition) is 5. The second-order valence-electron chi connectivity index (χ2n) is 4.93. The normalized spacial score (nSPS) is 10.5. The fraction of sp³-hybridized carbons (Fsp3) is 0.267. The molecule has 0 aliphatic rings. The van der Waals surface area contributed by atoms with E-state index in [-0.39, 0.29) is 11.4 Å². The summed E-state index contributed by atoms with van der Waals surface area (Å²) in [6.45, 7) is 1.47. The van der Waals surface area contributed by atoms with Crippen LogP contribution in [0.3, 0.4) is 0 Å². The van der Waals surface area contributed by atoms with Crippen molar-refractivity contribution in [3.63, 3.8) is 0 Å². The number of halogens is 1. The number of hydrogen-bond donors (Lipinski definition) is 2. The van der Waals surface area contributed by atoms with Crippen LogP contribution in [0.25, 0.3) is 0 Å². The molecule has 1 amide bonds. The van der Waals surface area contributed by atoms with Gasteiger partial charge in [-0.3, -0.25) is 4.79 Å². The van der Waals surface area contributed by atoms with Crippen LogP contribution in [0.15, 0.2) is 36.5 Å². The quantitative estimate of drug-likeness (QED) is 0.852. The standard InChI is InChI=1S/C15H18FN5O/c1-21(2)10-9-18-15-17-8-7-13(20-15)14(22)19-12-6-4-3-5-11(12)16/h3-8H,9-10H2,1-2H3,(H,19,22)(H,17,18,20). The smallest absolute Gasteiger partial charge is 0.274 e. The summed E-state index contributed by atoms with van der Waals surface area (Å²) in [6, 6.07) is 7.46. The summed E-state index contributed by atoms with van der Waals surface area (Å²) in [4.78, 5) is 22.3. The van der Waals surface area contributed by atoms with Gasteiger partial charge in [-0.1, -0.05) is 12.1 Å². The number of para-hydroxylation sites is 1. The lowest BCUT2D eigenvalue weighted by Crippen LogP contribution is -2.22. The monoisotopic (exact) mass is 303 g/mol. The van der Waals surface area contributed by atoms with Crippen molar-refractivity contribution in [1.82, 2.24) is 14.9 Å². The third-order valence-corrected chi connectivity index (χ3v) is 2.85. The number of aromatic nitrogens is 2. The third-order valence-electron chi connectivity index (χ3n) is 2.85. The molecular weight excluding hydrogens is 285 g/mol. The number of anilines is 2. The molecule has 2 aromatic rings. The van der Waals surface area contributed by atoms with Gasteiger partial charge in [0.25, 0.3) is 5.91 Å². The average Bonchev–Trinajstić information content (AvgIpc) is 2.49. The van der Waals surface area contributed by atoms with Crippen molar-refractivity contribution in [2.24, 2.45) is 0 Å². The molecule has 22 heavy (non-hydrogen) atoms. The first-order valence-corrected chi connectivity index (χ1v) is 6.84. The lowest BCUT2D eigenvalue weighted by Gasteiger charge is -2.11. The summed E-state index contributed by atoms with van der Waals surface area (Å²) in [6.07, 6.45) is 1.49. The van der Waals surface area contributed by atoms with Crippen LogP contribution in [0.5, 0.6) is 0 Å². The summed E-state index contributed by atoms with van der Waals surface area (Å²) in [5.41, 5.74) is 0.291. The molecule has 6 nitrogen and oxygen atoms in total. The highest BCUT2D eigenvalue weighted by Gasteiger charge is 2.11. The molecule has 0 aliphatic carbocycles. The molecule has 0 saturated heterocycles. The van der Waals surface area contributed by atoms with Crippen LogP contribution in [-0.4, -0.2) is 48.0 Å². The maximum Gasteiger partial charge on any atom is 0.274 e. The van der Waals surface area contributed by atoms with Gasteiger partial charge in [0.1, 0.15) is 11.5 Å². The summed E-state index contributed by atoms with van der Waals surface area (Å²) in [5.74, 6) is -0.611. The van der Waals surface area contributed by atoms with Gasteiger partial charge in [0.2, 0.25) is 5.95 Å². The highest BCUT2D eigenvalue weighted by molar-refractivity contribution is 6.03. The van der Waals surface area contributed by atoms with Crippen molar-refractivity contribution >= 4 is 17.5 Å². The van der Waals surface area contributed by atoms with E-state index in [1.54, 1.807) is 12.1 Å². The number of likely N-dealkylation sites (N-methyl/N-ethyl adjacent to an activating group) is 1. The topological polar surface area (TPSA) is 70.2 Å². The minimum atomic E-state index is -0.491. The molecule has 0 aliphatic heterocycles. The highest BCUT2D eigenvalue weighted by Crippen LogP contribution is 2.13. The Morgan fingerprint density at radius 2 is 2.05 bits per heavy atom. The molecule has 0 radical (unpaired) electrons. The van der Waals surface area contributed by atoms with Crippen LogP contribution in [0.4, 0.5) is 16.0 Å². The van der Waals surface area contributed by atoms with Crippen LogP contribution in [0, 0.1) is 5.82 Å². The predicted molar refractivity (Wildman–Crippen MR) is 83.4 cm³/mol. The van der Waals surface area contributed by atoms with Crippen molar-refractivity contribution in [2.75, 3.05) is 37.8 Å². The van der Waals surface area contributed by atoms with Gasteiger partial charge in [0, 0.05) is 19.3 Å². The van der Waals surface area contributed by atoms with Gasteiger partial charge in [-0.25, -0.2) is 14.4 Å². The lowest BCUT2D eigenvalue weighted by molar-refractivity contribution is 0.102. The SMILES string of the molecule is CN(C)CCNc1nccc(C(=O)Nc2ccccc2F)n1. The van der Waals surface area contributed by atoms with Gasteiger partial charge < -0.3 is 15.5 Å². The van der Waals surface area contributed by atoms with E-state index in [1.165, 1.54) is 24.4 Å². The molecule has 7 heteroatoms. The first-order valence-electron chi connectivity index (χ1n) is 6.84. The second-order valence-corrected chi connectivity index (χ2v) is 4.93. The zero-order valence-electron chi connectivity index (χ0n) is 12.5. The summed E-state index contributed by atoms with van der Waals surface area (Å²) < 4.78 is 13.5. The fourth-order valence-electron chi connectivity index (χ4n) is 1.71. The molecule has 116 valence electrons. The van der Waals surface area contributed by atoms with Crippen molar-refractivity contribution in [2.45, 2.75) is 0 Å². The van der Waals surface area contributed by atoms with Crippen LogP contribution < -0.4 is 10.6 Å². The Balaban J connectivity index is 2.02. The number of rotatable bonds is 6. The van der Waals surface area contributed by atoms with Crippen LogP contribution in [0.1, 0.15) is 10.5 Å². The molecule has 0 unspecified atom stereocenters. The van der Waals surface area contributed by atoms with Crippen LogP contribution in [0.2, 0.25) is 0 Å². The number of benzene rings is 1. The molecule has 0 bridgehead atoms. The molecule has 2 N–H and O–H groups in total. The second kappa shape index (κ2) is 7.46. The van der Waals surface area contributed by atoms with E-state index >= 15 is 0 Å². The van der Waals surface area contributed by atoms with Crippen molar-refractivity contribution in [1.29, 1.82) is 0 Å². The maximum absolute atomic E-state index is 13.5. The Bertz CT molecular complexity index is 647. The van der Waals surface area contributed by atoms with E-state index < -0.39 is 11.7 Å². The number of carbonyl (C=O) groups is 1. The summed E-state index contributed by atoms with van der Waals surface area (Å²) in [7, 11) is 3.92. The number of nitrogens with zero attached hydrogens (tertiary/aromatic N) is 3. The minimum Gasteiger partial charge on any atom is -0.353 e. The zero-order valence-corrected chi connectivity index (χ0v) is 12.5. The van der Waals surface area contributed by atoms with E-state index in [9.17, 15) is 9.18 Å². The van der Waals surface area contributed by atoms with Crippen molar-refractivity contribution in [3.05, 3.63) is 48.0 Å².